The Morgan fingerprint density at radius 3 is 2.60 bits per heavy atom. The van der Waals surface area contributed by atoms with E-state index in [0.717, 1.165) is 62.5 Å². The predicted molar refractivity (Wildman–Crippen MR) is 109 cm³/mol. The van der Waals surface area contributed by atoms with Crippen LogP contribution in [0.2, 0.25) is 0 Å². The first-order chi connectivity index (χ1) is 14.3. The van der Waals surface area contributed by atoms with Gasteiger partial charge in [-0.2, -0.15) is 8.78 Å². The minimum atomic E-state index is -2.95. The van der Waals surface area contributed by atoms with Crippen LogP contribution < -0.4 is 10.1 Å². The van der Waals surface area contributed by atoms with Gasteiger partial charge in [0.05, 0.1) is 11.6 Å². The summed E-state index contributed by atoms with van der Waals surface area (Å²) in [7, 11) is 0. The Labute approximate surface area is 174 Å². The number of nitrogens with one attached hydrogen (secondary N) is 1. The Kier molecular flexibility index (Phi) is 5.77. The maximum Gasteiger partial charge on any atom is 0.387 e. The van der Waals surface area contributed by atoms with Gasteiger partial charge >= 0.3 is 6.61 Å². The number of nitrogens with zero attached hydrogens (tertiary/aromatic N) is 2. The number of aromatic nitrogens is 2. The highest BCUT2D eigenvalue weighted by atomic mass is 19.3. The third-order valence-electron chi connectivity index (χ3n) is 6.23. The summed E-state index contributed by atoms with van der Waals surface area (Å²) in [4.78, 5) is 0. The zero-order chi connectivity index (χ0) is 21.3. The van der Waals surface area contributed by atoms with Crippen molar-refractivity contribution in [2.24, 2.45) is 0 Å². The van der Waals surface area contributed by atoms with Crippen molar-refractivity contribution in [3.63, 3.8) is 0 Å². The molecule has 3 N–H and O–H groups in total. The summed E-state index contributed by atoms with van der Waals surface area (Å²) in [5, 5.41) is 33.4. The Bertz CT molecular complexity index is 921. The van der Waals surface area contributed by atoms with E-state index in [0.29, 0.717) is 17.1 Å². The predicted octanol–water partition coefficient (Wildman–Crippen LogP) is 4.43. The van der Waals surface area contributed by atoms with Crippen LogP contribution in [-0.2, 0) is 12.8 Å². The van der Waals surface area contributed by atoms with Gasteiger partial charge in [0.25, 0.3) is 0 Å². The van der Waals surface area contributed by atoms with E-state index in [1.165, 1.54) is 18.2 Å². The van der Waals surface area contributed by atoms with Gasteiger partial charge < -0.3 is 20.3 Å². The van der Waals surface area contributed by atoms with Crippen LogP contribution in [-0.4, -0.2) is 38.7 Å². The first kappa shape index (κ1) is 20.8. The van der Waals surface area contributed by atoms with Gasteiger partial charge in [-0.05, 0) is 63.1 Å². The van der Waals surface area contributed by atoms with Crippen LogP contribution in [0, 0.1) is 0 Å². The zero-order valence-corrected chi connectivity index (χ0v) is 17.0. The van der Waals surface area contributed by atoms with Crippen molar-refractivity contribution in [2.45, 2.75) is 76.5 Å². The summed E-state index contributed by atoms with van der Waals surface area (Å²) < 4.78 is 29.2. The molecule has 1 saturated carbocycles. The molecule has 0 aliphatic heterocycles. The van der Waals surface area contributed by atoms with Gasteiger partial charge in [0.2, 0.25) is 0 Å². The third-order valence-corrected chi connectivity index (χ3v) is 6.23. The van der Waals surface area contributed by atoms with Crippen LogP contribution in [0.5, 0.6) is 11.5 Å². The second-order valence-corrected chi connectivity index (χ2v) is 8.42. The fraction of sp³-hybridized carbons (Fsp3) is 0.545. The number of hydrogen-bond donors (Lipinski definition) is 3. The van der Waals surface area contributed by atoms with Gasteiger partial charge in [0.1, 0.15) is 17.2 Å². The van der Waals surface area contributed by atoms with Crippen LogP contribution in [0.3, 0.4) is 0 Å². The number of phenolic OH excluding ortho intramolecular Hbond substituents is 1. The first-order valence-corrected chi connectivity index (χ1v) is 10.5. The number of ether oxygens (including phenoxy) is 1. The molecular formula is C22H27F2N3O3. The molecule has 2 atom stereocenters. The number of benzene rings is 1. The molecule has 1 fully saturated rings. The van der Waals surface area contributed by atoms with E-state index in [-0.39, 0.29) is 17.5 Å². The molecule has 1 aromatic carbocycles. The summed E-state index contributed by atoms with van der Waals surface area (Å²) in [5.41, 5.74) is 2.27. The number of rotatable bonds is 5. The summed E-state index contributed by atoms with van der Waals surface area (Å²) >= 11 is 0. The maximum atomic E-state index is 12.4. The van der Waals surface area contributed by atoms with Gasteiger partial charge in [0, 0.05) is 17.2 Å². The largest absolute Gasteiger partial charge is 0.507 e. The summed E-state index contributed by atoms with van der Waals surface area (Å²) in [5.74, 6) is 0.412. The Hall–Kier alpha value is -2.48. The lowest BCUT2D eigenvalue weighted by Gasteiger charge is -2.38. The second-order valence-electron chi connectivity index (χ2n) is 8.42. The molecule has 0 amide bonds. The maximum absolute atomic E-state index is 12.4. The summed E-state index contributed by atoms with van der Waals surface area (Å²) in [6, 6.07) is 4.01. The van der Waals surface area contributed by atoms with Crippen molar-refractivity contribution in [3.05, 3.63) is 29.3 Å². The third kappa shape index (κ3) is 4.19. The summed E-state index contributed by atoms with van der Waals surface area (Å²) in [6.45, 7) is -1.09. The smallest absolute Gasteiger partial charge is 0.387 e. The highest BCUT2D eigenvalue weighted by Gasteiger charge is 2.35. The number of fused-ring (bicyclic) bond motifs is 1. The van der Waals surface area contributed by atoms with E-state index < -0.39 is 12.2 Å². The zero-order valence-electron chi connectivity index (χ0n) is 17.0. The minimum Gasteiger partial charge on any atom is -0.507 e. The van der Waals surface area contributed by atoms with Crippen molar-refractivity contribution < 1.29 is 23.7 Å². The lowest BCUT2D eigenvalue weighted by atomic mass is 9.81. The molecule has 2 aromatic rings. The molecule has 1 heterocycles. The van der Waals surface area contributed by atoms with Crippen LogP contribution in [0.4, 0.5) is 14.6 Å². The van der Waals surface area contributed by atoms with E-state index in [4.69, 9.17) is 0 Å². The molecule has 0 unspecified atom stereocenters. The first-order valence-electron chi connectivity index (χ1n) is 10.5. The standard InChI is InChI=1S/C22H27F2N3O3/c1-22(29)11-5-4-8-18(22)25-20-15-7-3-2-6-14(15)19(26-27-20)16-10-9-13(12-17(16)28)30-21(23)24/h9-10,12,18,21,28-29H,2-8,11H2,1H3,(H,25,27)/t18-,22-/m1/s1. The average molecular weight is 419 g/mol. The van der Waals surface area contributed by atoms with Gasteiger partial charge in [0.15, 0.2) is 5.82 Å². The van der Waals surface area contributed by atoms with Crippen LogP contribution in [0.1, 0.15) is 56.6 Å². The molecule has 0 bridgehead atoms. The van der Waals surface area contributed by atoms with Crippen LogP contribution in [0.15, 0.2) is 18.2 Å². The van der Waals surface area contributed by atoms with E-state index >= 15 is 0 Å². The number of halogens is 2. The lowest BCUT2D eigenvalue weighted by Crippen LogP contribution is -2.47. The quantitative estimate of drug-likeness (QED) is 0.664. The fourth-order valence-electron chi connectivity index (χ4n) is 4.58. The molecule has 30 heavy (non-hydrogen) atoms. The molecule has 162 valence electrons. The van der Waals surface area contributed by atoms with Gasteiger partial charge in [-0.1, -0.05) is 12.8 Å². The number of anilines is 1. The summed E-state index contributed by atoms with van der Waals surface area (Å²) in [6.07, 6.45) is 7.35. The molecule has 2 aliphatic carbocycles. The number of aliphatic hydroxyl groups is 1. The molecule has 0 spiro atoms. The fourth-order valence-corrected chi connectivity index (χ4v) is 4.58. The van der Waals surface area contributed by atoms with Gasteiger partial charge in [-0.3, -0.25) is 0 Å². The number of alkyl halides is 2. The lowest BCUT2D eigenvalue weighted by molar-refractivity contribution is -0.0499. The Morgan fingerprint density at radius 1 is 1.13 bits per heavy atom. The van der Waals surface area contributed by atoms with E-state index in [2.05, 4.69) is 20.3 Å². The second kappa shape index (κ2) is 8.34. The van der Waals surface area contributed by atoms with Gasteiger partial charge in [-0.25, -0.2) is 0 Å². The molecule has 1 aromatic heterocycles. The highest BCUT2D eigenvalue weighted by Crippen LogP contribution is 2.39. The number of hydrogen-bond acceptors (Lipinski definition) is 6. The van der Waals surface area contributed by atoms with E-state index in [9.17, 15) is 19.0 Å². The Morgan fingerprint density at radius 2 is 1.90 bits per heavy atom. The molecule has 0 saturated heterocycles. The topological polar surface area (TPSA) is 87.5 Å². The van der Waals surface area contributed by atoms with E-state index in [1.807, 2.05) is 6.92 Å². The molecular weight excluding hydrogens is 392 g/mol. The molecule has 2 aliphatic rings. The van der Waals surface area contributed by atoms with Crippen molar-refractivity contribution >= 4 is 5.82 Å². The molecule has 4 rings (SSSR count). The van der Waals surface area contributed by atoms with Crippen molar-refractivity contribution in [1.29, 1.82) is 0 Å². The monoisotopic (exact) mass is 419 g/mol. The number of aromatic hydroxyl groups is 1. The molecule has 0 radical (unpaired) electrons. The van der Waals surface area contributed by atoms with E-state index in [1.54, 1.807) is 0 Å². The van der Waals surface area contributed by atoms with Gasteiger partial charge in [-0.15, -0.1) is 10.2 Å². The number of phenols is 1. The van der Waals surface area contributed by atoms with Crippen molar-refractivity contribution in [2.75, 3.05) is 5.32 Å². The molecule has 6 nitrogen and oxygen atoms in total. The normalized spacial score (nSPS) is 23.8. The average Bonchev–Trinajstić information content (AvgIpc) is 2.70. The highest BCUT2D eigenvalue weighted by molar-refractivity contribution is 5.73. The Balaban J connectivity index is 1.68. The van der Waals surface area contributed by atoms with Crippen molar-refractivity contribution in [1.82, 2.24) is 10.2 Å². The SMILES string of the molecule is C[C@@]1(O)CCCC[C@H]1Nc1nnc(-c2ccc(OC(F)F)cc2O)c2c1CCCC2. The van der Waals surface area contributed by atoms with Crippen LogP contribution in [0.25, 0.3) is 11.3 Å². The van der Waals surface area contributed by atoms with Crippen LogP contribution >= 0.6 is 0 Å². The molecule has 8 heteroatoms. The minimum absolute atomic E-state index is 0.0865. The van der Waals surface area contributed by atoms with Crippen molar-refractivity contribution in [3.8, 4) is 22.8 Å².